The second-order valence-corrected chi connectivity index (χ2v) is 5.09. The summed E-state index contributed by atoms with van der Waals surface area (Å²) < 4.78 is 25.2. The summed E-state index contributed by atoms with van der Waals surface area (Å²) in [7, 11) is 0. The molecule has 0 aliphatic heterocycles. The van der Waals surface area contributed by atoms with Crippen LogP contribution in [0.5, 0.6) is 0 Å². The van der Waals surface area contributed by atoms with Crippen molar-refractivity contribution in [2.75, 3.05) is 0 Å². The third kappa shape index (κ3) is 2.55. The fourth-order valence-electron chi connectivity index (χ4n) is 2.71. The Morgan fingerprint density at radius 1 is 1.22 bits per heavy atom. The van der Waals surface area contributed by atoms with E-state index in [1.807, 2.05) is 12.2 Å². The van der Waals surface area contributed by atoms with Crippen LogP contribution in [0.2, 0.25) is 0 Å². The molecule has 0 spiro atoms. The molecular weight excluding hydrogens is 218 g/mol. The molecule has 0 amide bonds. The first kappa shape index (κ1) is 8.68. The average Bonchev–Trinajstić information content (AvgIpc) is 2.51. The summed E-state index contributed by atoms with van der Waals surface area (Å²) in [5.74, 6) is -0.711. The van der Waals surface area contributed by atoms with E-state index >= 15 is 0 Å². The van der Waals surface area contributed by atoms with Crippen LogP contribution in [0.4, 0.5) is 0 Å². The monoisotopic (exact) mass is 242 g/mol. The van der Waals surface area contributed by atoms with Crippen molar-refractivity contribution in [3.8, 4) is 0 Å². The Morgan fingerprint density at radius 3 is 2.89 bits per heavy atom. The third-order valence-corrected chi connectivity index (χ3v) is 3.79. The first-order valence-electron chi connectivity index (χ1n) is 8.44. The first-order chi connectivity index (χ1) is 10.1. The lowest BCUT2D eigenvalue weighted by atomic mass is 9.84. The molecule has 2 aliphatic carbocycles. The summed E-state index contributed by atoms with van der Waals surface area (Å²) in [4.78, 5) is 4.45. The number of hydrogen-bond acceptors (Lipinski definition) is 1. The van der Waals surface area contributed by atoms with Gasteiger partial charge >= 0.3 is 0 Å². The summed E-state index contributed by atoms with van der Waals surface area (Å²) >= 11 is 0. The van der Waals surface area contributed by atoms with E-state index in [1.54, 1.807) is 6.20 Å². The quantitative estimate of drug-likeness (QED) is 0.721. The second kappa shape index (κ2) is 5.51. The van der Waals surface area contributed by atoms with Crippen molar-refractivity contribution in [1.29, 1.82) is 0 Å². The molecule has 18 heavy (non-hydrogen) atoms. The zero-order chi connectivity index (χ0) is 14.9. The zero-order valence-electron chi connectivity index (χ0n) is 13.7. The molecule has 0 unspecified atom stereocenters. The van der Waals surface area contributed by atoms with E-state index in [0.717, 1.165) is 44.1 Å². The zero-order valence-corrected chi connectivity index (χ0v) is 10.7. The summed E-state index contributed by atoms with van der Waals surface area (Å²) in [5.41, 5.74) is 2.29. The minimum atomic E-state index is -0.711. The molecule has 1 heteroatoms. The number of hydrogen-bond donors (Lipinski definition) is 0. The predicted octanol–water partition coefficient (Wildman–Crippen LogP) is 4.86. The van der Waals surface area contributed by atoms with Gasteiger partial charge in [0.15, 0.2) is 0 Å². The topological polar surface area (TPSA) is 12.9 Å². The third-order valence-electron chi connectivity index (χ3n) is 3.79. The normalized spacial score (nSPS) is 24.9. The van der Waals surface area contributed by atoms with Gasteiger partial charge < -0.3 is 0 Å². The van der Waals surface area contributed by atoms with Crippen LogP contribution < -0.4 is 0 Å². The van der Waals surface area contributed by atoms with Gasteiger partial charge in [0.25, 0.3) is 0 Å². The van der Waals surface area contributed by atoms with Crippen molar-refractivity contribution in [2.45, 2.75) is 50.8 Å². The minimum Gasteiger partial charge on any atom is -0.256 e. The van der Waals surface area contributed by atoms with Crippen LogP contribution in [0, 0.1) is 0 Å². The van der Waals surface area contributed by atoms with Crippen LogP contribution in [-0.4, -0.2) is 4.98 Å². The van der Waals surface area contributed by atoms with Crippen LogP contribution in [0.1, 0.15) is 66.2 Å². The highest BCUT2D eigenvalue weighted by Crippen LogP contribution is 2.32. The van der Waals surface area contributed by atoms with E-state index in [2.05, 4.69) is 11.1 Å². The van der Waals surface area contributed by atoms with Gasteiger partial charge in [-0.2, -0.15) is 0 Å². The maximum atomic E-state index is 8.64. The summed E-state index contributed by atoms with van der Waals surface area (Å²) in [5, 5.41) is 0. The molecule has 0 bridgehead atoms. The molecular formula is C17H21N. The maximum Gasteiger partial charge on any atom is 0.0661 e. The molecule has 1 heterocycles. The molecule has 1 aromatic rings. The van der Waals surface area contributed by atoms with Gasteiger partial charge in [0, 0.05) is 7.57 Å². The molecule has 0 N–H and O–H groups in total. The predicted molar refractivity (Wildman–Crippen MR) is 76.4 cm³/mol. The average molecular weight is 242 g/mol. The van der Waals surface area contributed by atoms with Crippen LogP contribution in [0.15, 0.2) is 36.5 Å². The van der Waals surface area contributed by atoms with Crippen molar-refractivity contribution < 1.29 is 4.11 Å². The van der Waals surface area contributed by atoms with E-state index in [1.165, 1.54) is 6.42 Å². The van der Waals surface area contributed by atoms with E-state index < -0.39 is 5.89 Å². The molecule has 0 saturated heterocycles. The van der Waals surface area contributed by atoms with Gasteiger partial charge in [-0.25, -0.2) is 0 Å². The standard InChI is InChI=1S/C17H21N/c1-3-7-14(8-4-1)16-11-12-17(18-13-16)15-9-5-2-6-10-15/h2,5,9,11-14H,1,3-4,6-8,10H2/i11D,12D,14D. The molecule has 0 aromatic carbocycles. The van der Waals surface area contributed by atoms with E-state index in [4.69, 9.17) is 4.11 Å². The highest BCUT2D eigenvalue weighted by atomic mass is 14.7. The number of aromatic nitrogens is 1. The van der Waals surface area contributed by atoms with Crippen molar-refractivity contribution >= 4 is 5.57 Å². The van der Waals surface area contributed by atoms with Crippen molar-refractivity contribution in [3.05, 3.63) is 47.8 Å². The van der Waals surface area contributed by atoms with Crippen LogP contribution >= 0.6 is 0 Å². The van der Waals surface area contributed by atoms with Gasteiger partial charge in [-0.3, -0.25) is 4.98 Å². The smallest absolute Gasteiger partial charge is 0.0661 e. The summed E-state index contributed by atoms with van der Waals surface area (Å²) in [6.45, 7) is 0. The number of rotatable bonds is 2. The maximum absolute atomic E-state index is 8.64. The lowest BCUT2D eigenvalue weighted by Gasteiger charge is -2.21. The Kier molecular flexibility index (Phi) is 2.66. The number of allylic oxidation sites excluding steroid dienone is 4. The van der Waals surface area contributed by atoms with Crippen molar-refractivity contribution in [1.82, 2.24) is 4.98 Å². The highest BCUT2D eigenvalue weighted by Gasteiger charge is 2.16. The van der Waals surface area contributed by atoms with Gasteiger partial charge in [-0.15, -0.1) is 0 Å². The highest BCUT2D eigenvalue weighted by molar-refractivity contribution is 5.65. The number of pyridine rings is 1. The minimum absolute atomic E-state index is 0.186. The lowest BCUT2D eigenvalue weighted by Crippen LogP contribution is -2.05. The second-order valence-electron chi connectivity index (χ2n) is 5.09. The largest absolute Gasteiger partial charge is 0.256 e. The van der Waals surface area contributed by atoms with E-state index in [0.29, 0.717) is 11.3 Å². The Balaban J connectivity index is 2.00. The van der Waals surface area contributed by atoms with Gasteiger partial charge in [0.1, 0.15) is 0 Å². The molecule has 1 saturated carbocycles. The Morgan fingerprint density at radius 2 is 2.11 bits per heavy atom. The molecule has 3 rings (SSSR count). The summed E-state index contributed by atoms with van der Waals surface area (Å²) in [6.07, 6.45) is 14.4. The molecule has 0 atom stereocenters. The van der Waals surface area contributed by atoms with Crippen LogP contribution in [0.3, 0.4) is 0 Å². The van der Waals surface area contributed by atoms with E-state index in [9.17, 15) is 0 Å². The van der Waals surface area contributed by atoms with Crippen molar-refractivity contribution in [3.63, 3.8) is 0 Å². The molecule has 1 aromatic heterocycles. The fourth-order valence-corrected chi connectivity index (χ4v) is 2.71. The van der Waals surface area contributed by atoms with Gasteiger partial charge in [-0.1, -0.05) is 43.5 Å². The molecule has 1 nitrogen and oxygen atoms in total. The molecule has 1 fully saturated rings. The SMILES string of the molecule is [2H]c1c(C2([2H])CCCCC2)cnc(C2=CC=CCC2)c1[2H]. The van der Waals surface area contributed by atoms with Gasteiger partial charge in [0.05, 0.1) is 8.44 Å². The Hall–Kier alpha value is -1.37. The Labute approximate surface area is 114 Å². The van der Waals surface area contributed by atoms with Gasteiger partial charge in [0.2, 0.25) is 0 Å². The number of nitrogens with zero attached hydrogens (tertiary/aromatic N) is 1. The first-order valence-corrected chi connectivity index (χ1v) is 6.94. The molecule has 0 radical (unpaired) electrons. The Bertz CT molecular complexity index is 598. The van der Waals surface area contributed by atoms with Crippen molar-refractivity contribution in [2.24, 2.45) is 0 Å². The molecule has 2 aliphatic rings. The lowest BCUT2D eigenvalue weighted by molar-refractivity contribution is 0.443. The summed E-state index contributed by atoms with van der Waals surface area (Å²) in [6, 6.07) is 0.388. The molecule has 94 valence electrons. The van der Waals surface area contributed by atoms with Crippen LogP contribution in [0.25, 0.3) is 5.57 Å². The van der Waals surface area contributed by atoms with E-state index in [-0.39, 0.29) is 12.1 Å². The van der Waals surface area contributed by atoms with Gasteiger partial charge in [-0.05, 0) is 48.8 Å². The van der Waals surface area contributed by atoms with Crippen LogP contribution in [-0.2, 0) is 0 Å². The fraction of sp³-hybridized carbons (Fsp3) is 0.471.